The minimum absolute atomic E-state index is 0.0327. The maximum absolute atomic E-state index is 12.5. The summed E-state index contributed by atoms with van der Waals surface area (Å²) >= 11 is 2.20. The van der Waals surface area contributed by atoms with Gasteiger partial charge in [0.1, 0.15) is 6.04 Å². The van der Waals surface area contributed by atoms with Crippen LogP contribution in [0.25, 0.3) is 0 Å². The molecule has 20 heavy (non-hydrogen) atoms. The van der Waals surface area contributed by atoms with Crippen LogP contribution in [-0.4, -0.2) is 23.6 Å². The van der Waals surface area contributed by atoms with Gasteiger partial charge in [-0.1, -0.05) is 13.8 Å². The second kappa shape index (κ2) is 5.90. The number of hydrazine groups is 1. The molecule has 1 aromatic rings. The van der Waals surface area contributed by atoms with E-state index < -0.39 is 6.04 Å². The highest BCUT2D eigenvalue weighted by Gasteiger charge is 2.34. The Morgan fingerprint density at radius 1 is 1.35 bits per heavy atom. The molecule has 0 spiro atoms. The number of Topliss-reactive ketones (excluding diaryl/α,β-unsaturated/α-hetero) is 1. The highest BCUT2D eigenvalue weighted by Crippen LogP contribution is 2.21. The number of hydrogen-bond donors (Lipinski definition) is 1. The molecule has 1 N–H and O–H groups in total. The number of amidine groups is 1. The number of halogens is 1. The molecule has 0 bridgehead atoms. The smallest absolute Gasteiger partial charge is 0.270 e. The van der Waals surface area contributed by atoms with Crippen LogP contribution in [0, 0.1) is 9.49 Å². The molecular formula is C14H16IN3O2. The van der Waals surface area contributed by atoms with Crippen molar-refractivity contribution in [1.29, 1.82) is 0 Å². The number of anilines is 1. The van der Waals surface area contributed by atoms with Crippen LogP contribution in [0.4, 0.5) is 5.69 Å². The Morgan fingerprint density at radius 2 is 1.95 bits per heavy atom. The molecule has 2 rings (SSSR count). The summed E-state index contributed by atoms with van der Waals surface area (Å²) < 4.78 is 1.08. The van der Waals surface area contributed by atoms with Crippen LogP contribution in [0.5, 0.6) is 0 Å². The third-order valence-electron chi connectivity index (χ3n) is 3.01. The highest BCUT2D eigenvalue weighted by atomic mass is 127. The van der Waals surface area contributed by atoms with Gasteiger partial charge in [-0.2, -0.15) is 0 Å². The SMILES string of the molecule is CC(=O)C1=NC(C(C)C)C(=O)N(c2ccc(I)cc2)N1. The van der Waals surface area contributed by atoms with Crippen molar-refractivity contribution in [2.24, 2.45) is 10.9 Å². The molecule has 1 amide bonds. The van der Waals surface area contributed by atoms with Crippen LogP contribution < -0.4 is 10.4 Å². The first-order chi connectivity index (χ1) is 9.40. The van der Waals surface area contributed by atoms with Crippen molar-refractivity contribution in [3.8, 4) is 0 Å². The van der Waals surface area contributed by atoms with Gasteiger partial charge < -0.3 is 0 Å². The van der Waals surface area contributed by atoms with Crippen LogP contribution >= 0.6 is 22.6 Å². The maximum atomic E-state index is 12.5. The van der Waals surface area contributed by atoms with E-state index in [1.807, 2.05) is 38.1 Å². The lowest BCUT2D eigenvalue weighted by Gasteiger charge is -2.33. The van der Waals surface area contributed by atoms with Gasteiger partial charge in [-0.05, 0) is 52.8 Å². The zero-order valence-electron chi connectivity index (χ0n) is 11.6. The van der Waals surface area contributed by atoms with Crippen LogP contribution in [0.1, 0.15) is 20.8 Å². The molecule has 0 saturated carbocycles. The Kier molecular flexibility index (Phi) is 4.42. The summed E-state index contributed by atoms with van der Waals surface area (Å²) in [5.41, 5.74) is 3.51. The van der Waals surface area contributed by atoms with Crippen molar-refractivity contribution < 1.29 is 9.59 Å². The highest BCUT2D eigenvalue weighted by molar-refractivity contribution is 14.1. The van der Waals surface area contributed by atoms with E-state index in [4.69, 9.17) is 0 Å². The molecule has 1 unspecified atom stereocenters. The third kappa shape index (κ3) is 3.00. The summed E-state index contributed by atoms with van der Waals surface area (Å²) in [5, 5.41) is 1.41. The minimum Gasteiger partial charge on any atom is -0.291 e. The van der Waals surface area contributed by atoms with Gasteiger partial charge in [-0.25, -0.2) is 5.01 Å². The lowest BCUT2D eigenvalue weighted by Crippen LogP contribution is -2.57. The van der Waals surface area contributed by atoms with E-state index in [0.717, 1.165) is 3.57 Å². The van der Waals surface area contributed by atoms with Gasteiger partial charge in [0.25, 0.3) is 5.91 Å². The van der Waals surface area contributed by atoms with Gasteiger partial charge in [-0.15, -0.1) is 0 Å². The number of carbonyl (C=O) groups is 2. The first-order valence-corrected chi connectivity index (χ1v) is 7.43. The van der Waals surface area contributed by atoms with Crippen LogP contribution in [0.2, 0.25) is 0 Å². The molecule has 0 radical (unpaired) electrons. The largest absolute Gasteiger partial charge is 0.291 e. The minimum atomic E-state index is -0.533. The van der Waals surface area contributed by atoms with Gasteiger partial charge in [-0.3, -0.25) is 20.0 Å². The predicted molar refractivity (Wildman–Crippen MR) is 86.5 cm³/mol. The molecule has 1 aliphatic rings. The number of hydrogen-bond acceptors (Lipinski definition) is 4. The second-order valence-corrected chi connectivity index (χ2v) is 6.23. The average Bonchev–Trinajstić information content (AvgIpc) is 2.39. The Balaban J connectivity index is 2.39. The van der Waals surface area contributed by atoms with Crippen LogP contribution in [-0.2, 0) is 9.59 Å². The molecule has 0 aromatic heterocycles. The molecule has 1 heterocycles. The molecule has 1 aliphatic heterocycles. The van der Waals surface area contributed by atoms with E-state index in [-0.39, 0.29) is 23.4 Å². The molecule has 5 nitrogen and oxygen atoms in total. The number of nitrogens with zero attached hydrogens (tertiary/aromatic N) is 2. The Hall–Kier alpha value is -1.44. The van der Waals surface area contributed by atoms with E-state index in [9.17, 15) is 9.59 Å². The summed E-state index contributed by atoms with van der Waals surface area (Å²) in [6.07, 6.45) is 0. The van der Waals surface area contributed by atoms with Gasteiger partial charge in [0.15, 0.2) is 11.6 Å². The Morgan fingerprint density at radius 3 is 2.45 bits per heavy atom. The Labute approximate surface area is 131 Å². The number of aliphatic imine (C=N–C) groups is 1. The van der Waals surface area contributed by atoms with Crippen molar-refractivity contribution in [2.75, 3.05) is 5.01 Å². The van der Waals surface area contributed by atoms with E-state index in [2.05, 4.69) is 33.0 Å². The number of rotatable bonds is 3. The topological polar surface area (TPSA) is 61.8 Å². The average molecular weight is 385 g/mol. The monoisotopic (exact) mass is 385 g/mol. The predicted octanol–water partition coefficient (Wildman–Crippen LogP) is 2.15. The van der Waals surface area contributed by atoms with Crippen molar-refractivity contribution in [3.63, 3.8) is 0 Å². The second-order valence-electron chi connectivity index (χ2n) is 4.98. The standard InChI is InChI=1S/C14H16IN3O2/c1-8(2)12-14(20)18(17-13(16-12)9(3)19)11-6-4-10(15)5-7-11/h4-8,12H,1-3H3,(H,16,17). The third-order valence-corrected chi connectivity index (χ3v) is 3.73. The van der Waals surface area contributed by atoms with Gasteiger partial charge in [0, 0.05) is 10.5 Å². The summed E-state index contributed by atoms with van der Waals surface area (Å²) in [6.45, 7) is 5.27. The quantitative estimate of drug-likeness (QED) is 0.812. The first-order valence-electron chi connectivity index (χ1n) is 6.35. The van der Waals surface area contributed by atoms with Crippen molar-refractivity contribution in [2.45, 2.75) is 26.8 Å². The number of amides is 1. The van der Waals surface area contributed by atoms with E-state index in [1.54, 1.807) is 0 Å². The van der Waals surface area contributed by atoms with Crippen molar-refractivity contribution >= 4 is 45.8 Å². The molecule has 0 saturated heterocycles. The molecular weight excluding hydrogens is 369 g/mol. The molecule has 1 atom stereocenters. The molecule has 6 heteroatoms. The number of carbonyl (C=O) groups excluding carboxylic acids is 2. The van der Waals surface area contributed by atoms with Crippen LogP contribution in [0.3, 0.4) is 0 Å². The molecule has 106 valence electrons. The Bertz CT molecular complexity index is 566. The maximum Gasteiger partial charge on any atom is 0.270 e. The summed E-state index contributed by atoms with van der Waals surface area (Å²) in [6, 6.07) is 6.97. The lowest BCUT2D eigenvalue weighted by atomic mass is 10.0. The zero-order chi connectivity index (χ0) is 14.9. The summed E-state index contributed by atoms with van der Waals surface area (Å²) in [5.74, 6) is -0.0722. The van der Waals surface area contributed by atoms with E-state index in [1.165, 1.54) is 11.9 Å². The van der Waals surface area contributed by atoms with Gasteiger partial charge >= 0.3 is 0 Å². The molecule has 1 aromatic carbocycles. The van der Waals surface area contributed by atoms with Crippen molar-refractivity contribution in [3.05, 3.63) is 27.8 Å². The van der Waals surface area contributed by atoms with Crippen molar-refractivity contribution in [1.82, 2.24) is 5.43 Å². The van der Waals surface area contributed by atoms with E-state index >= 15 is 0 Å². The fourth-order valence-corrected chi connectivity index (χ4v) is 2.26. The van der Waals surface area contributed by atoms with E-state index in [0.29, 0.717) is 5.69 Å². The number of nitrogens with one attached hydrogen (secondary N) is 1. The lowest BCUT2D eigenvalue weighted by molar-refractivity contribution is -0.121. The fraction of sp³-hybridized carbons (Fsp3) is 0.357. The number of ketones is 1. The van der Waals surface area contributed by atoms with Crippen LogP contribution in [0.15, 0.2) is 29.3 Å². The van der Waals surface area contributed by atoms with Gasteiger partial charge in [0.05, 0.1) is 5.69 Å². The fourth-order valence-electron chi connectivity index (χ4n) is 1.90. The normalized spacial score (nSPS) is 18.9. The zero-order valence-corrected chi connectivity index (χ0v) is 13.7. The van der Waals surface area contributed by atoms with Gasteiger partial charge in [0.2, 0.25) is 0 Å². The molecule has 0 fully saturated rings. The number of benzene rings is 1. The first kappa shape index (κ1) is 15.0. The summed E-state index contributed by atoms with van der Waals surface area (Å²) in [7, 11) is 0. The molecule has 0 aliphatic carbocycles. The summed E-state index contributed by atoms with van der Waals surface area (Å²) in [4.78, 5) is 28.3.